The lowest BCUT2D eigenvalue weighted by Crippen LogP contribution is -2.00. The second-order valence-electron chi connectivity index (χ2n) is 6.90. The standard InChI is InChI=1S/C20H19N5/c1-12-11-21-13(2)20-23-19(24-25(12)20)16-10-15(16)18-9-8-17(22-18)14-6-4-3-5-7-14/h3-8,11,15-16H,9-10H2,1-2H3. The fourth-order valence-electron chi connectivity index (χ4n) is 3.59. The predicted octanol–water partition coefficient (Wildman–Crippen LogP) is 3.73. The molecule has 1 aliphatic carbocycles. The smallest absolute Gasteiger partial charge is 0.177 e. The molecule has 0 bridgehead atoms. The summed E-state index contributed by atoms with van der Waals surface area (Å²) in [5, 5.41) is 4.73. The molecule has 0 saturated heterocycles. The highest BCUT2D eigenvalue weighted by atomic mass is 15.3. The van der Waals surface area contributed by atoms with Crippen LogP contribution in [0.3, 0.4) is 0 Å². The van der Waals surface area contributed by atoms with Crippen LogP contribution in [0, 0.1) is 19.8 Å². The Kier molecular flexibility index (Phi) is 3.10. The first-order valence-electron chi connectivity index (χ1n) is 8.72. The molecule has 25 heavy (non-hydrogen) atoms. The Balaban J connectivity index is 1.40. The first-order valence-corrected chi connectivity index (χ1v) is 8.72. The van der Waals surface area contributed by atoms with Crippen LogP contribution in [0.5, 0.6) is 0 Å². The van der Waals surface area contributed by atoms with E-state index in [1.165, 1.54) is 11.3 Å². The van der Waals surface area contributed by atoms with Crippen molar-refractivity contribution < 1.29 is 0 Å². The molecule has 1 saturated carbocycles. The Bertz CT molecular complexity index is 990. The summed E-state index contributed by atoms with van der Waals surface area (Å²) >= 11 is 0. The lowest BCUT2D eigenvalue weighted by molar-refractivity contribution is 0.833. The highest BCUT2D eigenvalue weighted by Crippen LogP contribution is 2.49. The van der Waals surface area contributed by atoms with Crippen LogP contribution < -0.4 is 0 Å². The van der Waals surface area contributed by atoms with Crippen molar-refractivity contribution in [3.63, 3.8) is 0 Å². The van der Waals surface area contributed by atoms with Crippen molar-refractivity contribution >= 4 is 17.1 Å². The van der Waals surface area contributed by atoms with Crippen molar-refractivity contribution in [3.8, 4) is 0 Å². The monoisotopic (exact) mass is 329 g/mol. The molecule has 124 valence electrons. The Morgan fingerprint density at radius 2 is 1.92 bits per heavy atom. The summed E-state index contributed by atoms with van der Waals surface area (Å²) in [6, 6.07) is 10.4. The largest absolute Gasteiger partial charge is 0.257 e. The topological polar surface area (TPSA) is 55.4 Å². The van der Waals surface area contributed by atoms with Crippen LogP contribution in [0.4, 0.5) is 0 Å². The zero-order valence-corrected chi connectivity index (χ0v) is 14.3. The van der Waals surface area contributed by atoms with Crippen molar-refractivity contribution in [2.24, 2.45) is 10.9 Å². The van der Waals surface area contributed by atoms with Gasteiger partial charge in [-0.3, -0.25) is 9.98 Å². The fraction of sp³-hybridized carbons (Fsp3) is 0.300. The van der Waals surface area contributed by atoms with Crippen molar-refractivity contribution in [1.29, 1.82) is 0 Å². The SMILES string of the molecule is Cc1ncc(C)n2nc(C3CC3C3=NC(c4ccccc4)=CC3)nc12. The maximum atomic E-state index is 4.89. The van der Waals surface area contributed by atoms with E-state index in [1.807, 2.05) is 30.6 Å². The first kappa shape index (κ1) is 14.5. The van der Waals surface area contributed by atoms with Gasteiger partial charge in [0.2, 0.25) is 0 Å². The molecule has 0 N–H and O–H groups in total. The van der Waals surface area contributed by atoms with Crippen molar-refractivity contribution in [2.45, 2.75) is 32.6 Å². The van der Waals surface area contributed by atoms with Gasteiger partial charge in [0, 0.05) is 30.2 Å². The van der Waals surface area contributed by atoms with Gasteiger partial charge in [-0.05, 0) is 25.8 Å². The van der Waals surface area contributed by atoms with E-state index in [4.69, 9.17) is 15.1 Å². The number of hydrogen-bond donors (Lipinski definition) is 0. The third kappa shape index (κ3) is 2.38. The minimum atomic E-state index is 0.390. The van der Waals surface area contributed by atoms with E-state index in [2.05, 4.69) is 35.3 Å². The highest BCUT2D eigenvalue weighted by Gasteiger charge is 2.45. The number of aliphatic imine (C=N–C) groups is 1. The molecule has 0 amide bonds. The van der Waals surface area contributed by atoms with Gasteiger partial charge in [0.15, 0.2) is 11.5 Å². The lowest BCUT2D eigenvalue weighted by Gasteiger charge is -1.99. The minimum absolute atomic E-state index is 0.390. The van der Waals surface area contributed by atoms with Gasteiger partial charge >= 0.3 is 0 Å². The van der Waals surface area contributed by atoms with Gasteiger partial charge in [-0.25, -0.2) is 9.50 Å². The molecule has 3 aromatic rings. The minimum Gasteiger partial charge on any atom is -0.257 e. The van der Waals surface area contributed by atoms with Crippen molar-refractivity contribution in [1.82, 2.24) is 19.6 Å². The Morgan fingerprint density at radius 3 is 2.72 bits per heavy atom. The summed E-state index contributed by atoms with van der Waals surface area (Å²) in [6.45, 7) is 3.99. The molecule has 1 aromatic carbocycles. The lowest BCUT2D eigenvalue weighted by atomic mass is 10.1. The molecular weight excluding hydrogens is 310 g/mol. The average Bonchev–Trinajstić information content (AvgIpc) is 3.09. The summed E-state index contributed by atoms with van der Waals surface area (Å²) in [4.78, 5) is 14.0. The van der Waals surface area contributed by atoms with Gasteiger partial charge in [-0.1, -0.05) is 36.4 Å². The fourth-order valence-corrected chi connectivity index (χ4v) is 3.59. The van der Waals surface area contributed by atoms with Gasteiger partial charge in [0.1, 0.15) is 0 Å². The van der Waals surface area contributed by atoms with Gasteiger partial charge in [-0.15, -0.1) is 0 Å². The number of fused-ring (bicyclic) bond motifs is 1. The molecule has 2 aromatic heterocycles. The number of aromatic nitrogens is 4. The molecule has 0 spiro atoms. The third-order valence-corrected chi connectivity index (χ3v) is 5.11. The first-order chi connectivity index (χ1) is 12.2. The molecule has 5 nitrogen and oxygen atoms in total. The van der Waals surface area contributed by atoms with Crippen LogP contribution in [-0.2, 0) is 0 Å². The van der Waals surface area contributed by atoms with E-state index in [1.54, 1.807) is 0 Å². The van der Waals surface area contributed by atoms with Gasteiger partial charge in [-0.2, -0.15) is 5.10 Å². The van der Waals surface area contributed by atoms with Crippen LogP contribution in [0.25, 0.3) is 11.3 Å². The molecular formula is C20H19N5. The van der Waals surface area contributed by atoms with Crippen molar-refractivity contribution in [3.05, 3.63) is 65.4 Å². The summed E-state index contributed by atoms with van der Waals surface area (Å²) < 4.78 is 1.91. The number of aryl methyl sites for hydroxylation is 2. The van der Waals surface area contributed by atoms with Crippen LogP contribution in [-0.4, -0.2) is 25.3 Å². The molecule has 2 atom stereocenters. The molecule has 1 aliphatic heterocycles. The zero-order valence-electron chi connectivity index (χ0n) is 14.3. The second-order valence-corrected chi connectivity index (χ2v) is 6.90. The summed E-state index contributed by atoms with van der Waals surface area (Å²) in [7, 11) is 0. The zero-order chi connectivity index (χ0) is 17.0. The highest BCUT2D eigenvalue weighted by molar-refractivity contribution is 5.99. The average molecular weight is 329 g/mol. The quantitative estimate of drug-likeness (QED) is 0.736. The molecule has 5 heteroatoms. The molecule has 0 radical (unpaired) electrons. The normalized spacial score (nSPS) is 22.2. The molecule has 1 fully saturated rings. The van der Waals surface area contributed by atoms with E-state index in [-0.39, 0.29) is 0 Å². The van der Waals surface area contributed by atoms with E-state index in [9.17, 15) is 0 Å². The number of nitrogens with zero attached hydrogens (tertiary/aromatic N) is 5. The number of allylic oxidation sites excluding steroid dienone is 1. The number of rotatable bonds is 3. The maximum Gasteiger partial charge on any atom is 0.177 e. The Labute approximate surface area is 146 Å². The Hall–Kier alpha value is -2.82. The summed E-state index contributed by atoms with van der Waals surface area (Å²) in [5.41, 5.74) is 6.37. The van der Waals surface area contributed by atoms with Crippen LogP contribution in [0.15, 0.2) is 47.6 Å². The van der Waals surface area contributed by atoms with Crippen LogP contribution in [0.2, 0.25) is 0 Å². The summed E-state index contributed by atoms with van der Waals surface area (Å²) in [5.74, 6) is 1.80. The predicted molar refractivity (Wildman–Crippen MR) is 97.6 cm³/mol. The van der Waals surface area contributed by atoms with Crippen LogP contribution in [0.1, 0.15) is 41.5 Å². The molecule has 5 rings (SSSR count). The van der Waals surface area contributed by atoms with E-state index < -0.39 is 0 Å². The molecule has 2 unspecified atom stereocenters. The van der Waals surface area contributed by atoms with E-state index in [0.717, 1.165) is 41.4 Å². The van der Waals surface area contributed by atoms with E-state index >= 15 is 0 Å². The maximum absolute atomic E-state index is 4.89. The number of hydrogen-bond acceptors (Lipinski definition) is 4. The summed E-state index contributed by atoms with van der Waals surface area (Å²) in [6.07, 6.45) is 6.12. The van der Waals surface area contributed by atoms with Gasteiger partial charge < -0.3 is 0 Å². The third-order valence-electron chi connectivity index (χ3n) is 5.11. The molecule has 3 heterocycles. The number of benzene rings is 1. The van der Waals surface area contributed by atoms with Crippen molar-refractivity contribution in [2.75, 3.05) is 0 Å². The molecule has 2 aliphatic rings. The van der Waals surface area contributed by atoms with Gasteiger partial charge in [0.05, 0.1) is 17.1 Å². The van der Waals surface area contributed by atoms with Crippen LogP contribution >= 0.6 is 0 Å². The Morgan fingerprint density at radius 1 is 1.08 bits per heavy atom. The van der Waals surface area contributed by atoms with Gasteiger partial charge in [0.25, 0.3) is 0 Å². The van der Waals surface area contributed by atoms with E-state index in [0.29, 0.717) is 11.8 Å². The second kappa shape index (κ2) is 5.34.